The number of carbonyl (C=O) groups excluding carboxylic acids is 1. The van der Waals surface area contributed by atoms with E-state index in [4.69, 9.17) is 26.0 Å². The van der Waals surface area contributed by atoms with Gasteiger partial charge in [0.1, 0.15) is 23.0 Å². The molecule has 2 aromatic heterocycles. The molecular weight excluding hydrogens is 558 g/mol. The third-order valence-electron chi connectivity index (χ3n) is 4.88. The van der Waals surface area contributed by atoms with Crippen LogP contribution in [-0.4, -0.2) is 53.3 Å². The van der Waals surface area contributed by atoms with Crippen molar-refractivity contribution in [2.45, 2.75) is 32.6 Å². The zero-order valence-corrected chi connectivity index (χ0v) is 24.9. The second kappa shape index (κ2) is 10.9. The van der Waals surface area contributed by atoms with Crippen molar-refractivity contribution in [3.63, 3.8) is 0 Å². The van der Waals surface area contributed by atoms with E-state index in [0.717, 1.165) is 0 Å². The first-order valence-corrected chi connectivity index (χ1v) is 11.9. The zero-order chi connectivity index (χ0) is 23.4. The van der Waals surface area contributed by atoms with Crippen LogP contribution in [0, 0.1) is 19.3 Å². The number of aryl methyl sites for hydroxylation is 1. The number of nitrogens with two attached hydrogens (primary N) is 2. The molecule has 0 saturated carbocycles. The minimum absolute atomic E-state index is 0. The van der Waals surface area contributed by atoms with Crippen molar-refractivity contribution < 1.29 is 106 Å². The molecule has 1 aliphatic rings. The minimum Gasteiger partial charge on any atom is -0.870 e. The molecule has 3 heterocycles. The second-order valence-corrected chi connectivity index (χ2v) is 9.99. The fourth-order valence-electron chi connectivity index (χ4n) is 3.44. The van der Waals surface area contributed by atoms with Gasteiger partial charge in [-0.1, -0.05) is 6.92 Å². The van der Waals surface area contributed by atoms with Crippen molar-refractivity contribution in [2.75, 3.05) is 12.3 Å². The van der Waals surface area contributed by atoms with Gasteiger partial charge in [-0.05, 0) is 20.0 Å². The minimum atomic E-state index is -5.24. The average molecular weight is 581 g/mol. The summed E-state index contributed by atoms with van der Waals surface area (Å²) in [7, 11) is -10.3. The van der Waals surface area contributed by atoms with Crippen molar-refractivity contribution >= 4 is 38.4 Å². The zero-order valence-electron chi connectivity index (χ0n) is 18.1. The number of hydrogen-bond acceptors (Lipinski definition) is 10. The Morgan fingerprint density at radius 1 is 1.36 bits per heavy atom. The third kappa shape index (κ3) is 6.76. The third-order valence-corrected chi connectivity index (χ3v) is 7.03. The first-order valence-electron chi connectivity index (χ1n) is 8.85. The molecule has 3 rings (SSSR count). The summed E-state index contributed by atoms with van der Waals surface area (Å²) >= 11 is 0. The number of phosphoric ester groups is 1. The van der Waals surface area contributed by atoms with Gasteiger partial charge in [-0.2, -0.15) is 4.31 Å². The van der Waals surface area contributed by atoms with Gasteiger partial charge in [-0.25, -0.2) is 19.1 Å². The van der Waals surface area contributed by atoms with Crippen molar-refractivity contribution in [3.8, 4) is 0 Å². The number of carbonyl (C=O) groups is 1. The smallest absolute Gasteiger partial charge is 0.870 e. The largest absolute Gasteiger partial charge is 1.00 e. The average Bonchev–Trinajstić information content (AvgIpc) is 3.10. The number of primary amides is 1. The van der Waals surface area contributed by atoms with Crippen LogP contribution in [0.25, 0.3) is 11.0 Å². The summed E-state index contributed by atoms with van der Waals surface area (Å²) in [6, 6.07) is 0. The van der Waals surface area contributed by atoms with E-state index in [2.05, 4.69) is 18.8 Å². The van der Waals surface area contributed by atoms with Crippen LogP contribution >= 0.6 is 15.6 Å². The van der Waals surface area contributed by atoms with Crippen molar-refractivity contribution in [3.05, 3.63) is 24.0 Å². The quantitative estimate of drug-likeness (QED) is 0.166. The normalized spacial score (nSPS) is 24.7. The molecular formula is C15H23N5O10P2Rb-. The first kappa shape index (κ1) is 30.9. The van der Waals surface area contributed by atoms with Crippen LogP contribution < -0.4 is 69.7 Å². The van der Waals surface area contributed by atoms with Crippen LogP contribution in [0.3, 0.4) is 0 Å². The summed E-state index contributed by atoms with van der Waals surface area (Å²) in [6.45, 7) is 4.57. The van der Waals surface area contributed by atoms with Crippen molar-refractivity contribution in [1.29, 1.82) is 0 Å². The number of nitrogen functional groups attached to an aromatic ring is 1. The van der Waals surface area contributed by atoms with Gasteiger partial charge in [0.15, 0.2) is 0 Å². The van der Waals surface area contributed by atoms with Crippen LogP contribution in [0.15, 0.2) is 6.20 Å². The summed E-state index contributed by atoms with van der Waals surface area (Å²) in [5.74, 6) is -0.648. The molecule has 1 unspecified atom stereocenters. The number of fused-ring (bicyclic) bond motifs is 1. The molecule has 0 aliphatic carbocycles. The van der Waals surface area contributed by atoms with E-state index in [1.54, 1.807) is 31.8 Å². The van der Waals surface area contributed by atoms with Crippen molar-refractivity contribution in [1.82, 2.24) is 14.5 Å². The monoisotopic (exact) mass is 580 g/mol. The molecule has 0 spiro atoms. The molecule has 4 atom stereocenters. The van der Waals surface area contributed by atoms with E-state index in [0.29, 0.717) is 11.5 Å². The fraction of sp³-hybridized carbons (Fsp3) is 0.467. The first-order chi connectivity index (χ1) is 14.1. The topological polar surface area (TPSA) is 252 Å². The molecule has 2 aromatic rings. The number of anilines is 1. The predicted molar refractivity (Wildman–Crippen MR) is 108 cm³/mol. The van der Waals surface area contributed by atoms with Gasteiger partial charge in [0.25, 0.3) is 5.91 Å². The van der Waals surface area contributed by atoms with Crippen LogP contribution in [0.2, 0.25) is 0 Å². The molecule has 33 heavy (non-hydrogen) atoms. The van der Waals surface area contributed by atoms with Crippen molar-refractivity contribution in [2.24, 2.45) is 11.7 Å². The number of ether oxygens (including phenoxy) is 1. The number of amides is 1. The molecule has 0 aromatic carbocycles. The molecule has 1 aliphatic heterocycles. The van der Waals surface area contributed by atoms with Crippen LogP contribution in [-0.2, 0) is 28.4 Å². The molecule has 1 fully saturated rings. The number of nitrogens with zero attached hydrogens (tertiary/aromatic N) is 3. The number of hydrogen-bond donors (Lipinski definition) is 5. The predicted octanol–water partition coefficient (Wildman–Crippen LogP) is -2.61. The van der Waals surface area contributed by atoms with E-state index in [9.17, 15) is 18.8 Å². The SMILES string of the molecule is Cc1nc(N)c2c(C(N)=O)cn([C@]3(C)O[C@H](COP(=O)(O)OP(=O)(O)O)[CH-][C@H]3C)c2n1.[OH-].[Rb+]. The summed E-state index contributed by atoms with van der Waals surface area (Å²) in [5.41, 5.74) is 10.7. The second-order valence-electron chi connectivity index (χ2n) is 7.16. The fourth-order valence-corrected chi connectivity index (χ4v) is 5.04. The Balaban J connectivity index is 0.00000272. The van der Waals surface area contributed by atoms with Gasteiger partial charge < -0.3 is 40.9 Å². The molecule has 1 amide bonds. The van der Waals surface area contributed by atoms with Gasteiger partial charge in [0.2, 0.25) is 0 Å². The van der Waals surface area contributed by atoms with E-state index < -0.39 is 40.0 Å². The number of rotatable bonds is 7. The molecule has 15 nitrogen and oxygen atoms in total. The Morgan fingerprint density at radius 3 is 2.52 bits per heavy atom. The Bertz CT molecular complexity index is 1140. The van der Waals surface area contributed by atoms with E-state index >= 15 is 0 Å². The van der Waals surface area contributed by atoms with Crippen LogP contribution in [0.4, 0.5) is 5.82 Å². The number of phosphoric acid groups is 2. The van der Waals surface area contributed by atoms with Crippen LogP contribution in [0.5, 0.6) is 0 Å². The maximum absolute atomic E-state index is 12.0. The summed E-state index contributed by atoms with van der Waals surface area (Å²) in [4.78, 5) is 47.2. The van der Waals surface area contributed by atoms with Crippen LogP contribution in [0.1, 0.15) is 30.0 Å². The van der Waals surface area contributed by atoms with Gasteiger partial charge in [-0.3, -0.25) is 15.7 Å². The van der Waals surface area contributed by atoms with Gasteiger partial charge in [0.05, 0.1) is 17.6 Å². The summed E-state index contributed by atoms with van der Waals surface area (Å²) < 4.78 is 38.4. The standard InChI is InChI=1S/C15H22N5O9P2.H2O.Rb/c1-7-4-9(6-27-31(25,26)29-30(22,23)24)28-15(7,3)20-5-10(13(17)21)11-12(16)18-8(2)19-14(11)20;;/h4-5,7,9H,6H2,1-3H3,(H2,17,21)(H,25,26)(H2,16,18,19)(H2,22,23,24);1H2;/q-1;;+1/p-1/t7-,9+,15-;;/m1../s1. The summed E-state index contributed by atoms with van der Waals surface area (Å²) in [5, 5.41) is 0.268. The van der Waals surface area contributed by atoms with E-state index in [1.807, 2.05) is 0 Å². The Kier molecular flexibility index (Phi) is 10.2. The molecule has 1 saturated heterocycles. The molecule has 8 N–H and O–H groups in total. The van der Waals surface area contributed by atoms with E-state index in [1.165, 1.54) is 6.20 Å². The molecule has 0 bridgehead atoms. The summed E-state index contributed by atoms with van der Waals surface area (Å²) in [6.07, 6.45) is 2.24. The maximum Gasteiger partial charge on any atom is 1.00 e. The molecule has 18 heteroatoms. The number of aromatic nitrogens is 3. The Labute approximate surface area is 237 Å². The molecule has 180 valence electrons. The Hall–Kier alpha value is -0.125. The van der Waals surface area contributed by atoms with Gasteiger partial charge in [-0.15, -0.1) is 5.92 Å². The van der Waals surface area contributed by atoms with E-state index in [-0.39, 0.29) is 86.3 Å². The molecule has 0 radical (unpaired) electrons. The Morgan fingerprint density at radius 2 is 1.97 bits per heavy atom. The van der Waals surface area contributed by atoms with Gasteiger partial charge in [0, 0.05) is 6.20 Å². The van der Waals surface area contributed by atoms with Gasteiger partial charge >= 0.3 is 73.8 Å². The maximum atomic E-state index is 12.0.